The molecule has 0 aliphatic heterocycles. The zero-order chi connectivity index (χ0) is 36.6. The molecule has 2 aromatic rings. The highest BCUT2D eigenvalue weighted by Gasteiger charge is 2.59. The Morgan fingerprint density at radius 1 is 0.941 bits per heavy atom. The Bertz CT molecular complexity index is 1590. The highest BCUT2D eigenvalue weighted by Crippen LogP contribution is 2.67. The van der Waals surface area contributed by atoms with Gasteiger partial charge in [0.2, 0.25) is 0 Å². The van der Waals surface area contributed by atoms with Crippen molar-refractivity contribution < 1.29 is 14.3 Å². The molecule has 0 spiro atoms. The molecule has 0 bridgehead atoms. The first-order chi connectivity index (χ1) is 24.3. The van der Waals surface area contributed by atoms with Crippen LogP contribution in [0.5, 0.6) is 5.75 Å². The minimum Gasteiger partial charge on any atom is -0.494 e. The molecule has 6 rings (SSSR count). The van der Waals surface area contributed by atoms with Gasteiger partial charge in [0, 0.05) is 6.42 Å². The number of rotatable bonds is 12. The summed E-state index contributed by atoms with van der Waals surface area (Å²) in [6.45, 7) is 19.4. The first kappa shape index (κ1) is 37.9. The maximum absolute atomic E-state index is 13.5. The van der Waals surface area contributed by atoms with Gasteiger partial charge in [-0.15, -0.1) is 0 Å². The van der Waals surface area contributed by atoms with Gasteiger partial charge < -0.3 is 9.47 Å². The molecule has 9 atom stereocenters. The predicted octanol–water partition coefficient (Wildman–Crippen LogP) is 11.4. The molecule has 0 radical (unpaired) electrons. The Morgan fingerprint density at radius 2 is 1.67 bits per heavy atom. The van der Waals surface area contributed by atoms with E-state index >= 15 is 0 Å². The van der Waals surface area contributed by atoms with Crippen LogP contribution >= 0.6 is 0 Å². The lowest BCUT2D eigenvalue weighted by Gasteiger charge is -2.58. The number of ether oxygens (including phenoxy) is 2. The van der Waals surface area contributed by atoms with Gasteiger partial charge >= 0.3 is 5.97 Å². The van der Waals surface area contributed by atoms with Gasteiger partial charge in [-0.25, -0.2) is 4.79 Å². The molecule has 276 valence electrons. The van der Waals surface area contributed by atoms with Gasteiger partial charge in [-0.05, 0) is 134 Å². The summed E-state index contributed by atoms with van der Waals surface area (Å²) in [5, 5.41) is 10.4. The molecule has 5 heteroatoms. The van der Waals surface area contributed by atoms with Crippen LogP contribution in [-0.2, 0) is 4.74 Å². The SMILES string of the molecule is CCC(Oc1ccc(C#N)cc1)[Si](C)(C)c1ccc(C(=O)OC2CC[C@@]3(C)C(=CCC4C3CC[C@@]3(C)C4CC[C@@H]3[C@H](C)CCCC(C)C)C2)cc1. The first-order valence-electron chi connectivity index (χ1n) is 20.5. The van der Waals surface area contributed by atoms with E-state index in [1.54, 1.807) is 17.7 Å². The summed E-state index contributed by atoms with van der Waals surface area (Å²) in [5.41, 5.74) is 3.67. The van der Waals surface area contributed by atoms with E-state index < -0.39 is 8.07 Å². The zero-order valence-electron chi connectivity index (χ0n) is 33.0. The Morgan fingerprint density at radius 3 is 2.33 bits per heavy atom. The first-order valence-corrected chi connectivity index (χ1v) is 23.6. The molecule has 2 aromatic carbocycles. The topological polar surface area (TPSA) is 59.3 Å². The van der Waals surface area contributed by atoms with Crippen LogP contribution in [0.2, 0.25) is 13.1 Å². The summed E-state index contributed by atoms with van der Waals surface area (Å²) in [6, 6.07) is 17.7. The lowest BCUT2D eigenvalue weighted by molar-refractivity contribution is -0.0594. The van der Waals surface area contributed by atoms with Crippen molar-refractivity contribution in [2.45, 2.75) is 144 Å². The van der Waals surface area contributed by atoms with Crippen LogP contribution in [0.3, 0.4) is 0 Å². The molecule has 3 saturated carbocycles. The maximum atomic E-state index is 13.5. The monoisotopic (exact) mass is 707 g/mol. The Balaban J connectivity index is 1.06. The Hall–Kier alpha value is -2.84. The fourth-order valence-electron chi connectivity index (χ4n) is 11.7. The molecule has 51 heavy (non-hydrogen) atoms. The predicted molar refractivity (Wildman–Crippen MR) is 212 cm³/mol. The number of nitriles is 1. The van der Waals surface area contributed by atoms with Gasteiger partial charge in [0.25, 0.3) is 0 Å². The summed E-state index contributed by atoms with van der Waals surface area (Å²) in [5.74, 6) is 5.60. The minimum absolute atomic E-state index is 0.0411. The second kappa shape index (κ2) is 15.3. The van der Waals surface area contributed by atoms with E-state index in [9.17, 15) is 4.79 Å². The molecular formula is C46H65NO3Si. The number of nitrogens with zero attached hydrogens (tertiary/aromatic N) is 1. The zero-order valence-corrected chi connectivity index (χ0v) is 34.0. The molecule has 0 saturated heterocycles. The van der Waals surface area contributed by atoms with Gasteiger partial charge in [-0.2, -0.15) is 5.26 Å². The lowest BCUT2D eigenvalue weighted by Crippen LogP contribution is -2.55. The number of hydrogen-bond acceptors (Lipinski definition) is 4. The van der Waals surface area contributed by atoms with Crippen LogP contribution in [0, 0.1) is 57.7 Å². The molecule has 3 fully saturated rings. The van der Waals surface area contributed by atoms with E-state index in [4.69, 9.17) is 14.7 Å². The van der Waals surface area contributed by atoms with E-state index in [1.165, 1.54) is 56.6 Å². The van der Waals surface area contributed by atoms with E-state index in [1.807, 2.05) is 24.3 Å². The van der Waals surface area contributed by atoms with E-state index in [-0.39, 0.29) is 23.2 Å². The second-order valence-electron chi connectivity index (χ2n) is 18.5. The number of esters is 1. The number of carbonyl (C=O) groups is 1. The molecular weight excluding hydrogens is 643 g/mol. The summed E-state index contributed by atoms with van der Waals surface area (Å²) < 4.78 is 12.7. The minimum atomic E-state index is -2.04. The smallest absolute Gasteiger partial charge is 0.338 e. The van der Waals surface area contributed by atoms with Crippen molar-refractivity contribution in [3.05, 3.63) is 71.3 Å². The quantitative estimate of drug-likeness (QED) is 0.125. The summed E-state index contributed by atoms with van der Waals surface area (Å²) in [4.78, 5) is 13.5. The summed E-state index contributed by atoms with van der Waals surface area (Å²) in [7, 11) is -2.04. The highest BCUT2D eigenvalue weighted by atomic mass is 28.3. The van der Waals surface area contributed by atoms with Crippen molar-refractivity contribution in [1.82, 2.24) is 0 Å². The summed E-state index contributed by atoms with van der Waals surface area (Å²) in [6.07, 6.45) is 17.5. The van der Waals surface area contributed by atoms with Crippen LogP contribution in [0.25, 0.3) is 0 Å². The third-order valence-corrected chi connectivity index (χ3v) is 18.8. The molecule has 5 unspecified atom stereocenters. The van der Waals surface area contributed by atoms with Crippen molar-refractivity contribution in [2.24, 2.45) is 46.3 Å². The van der Waals surface area contributed by atoms with Gasteiger partial charge in [-0.1, -0.05) is 103 Å². The number of allylic oxidation sites excluding steroid dienone is 1. The van der Waals surface area contributed by atoms with E-state index in [0.29, 0.717) is 16.5 Å². The fourth-order valence-corrected chi connectivity index (χ4v) is 14.6. The lowest BCUT2D eigenvalue weighted by atomic mass is 9.47. The van der Waals surface area contributed by atoms with Crippen molar-refractivity contribution in [1.29, 1.82) is 5.26 Å². The number of hydrogen-bond donors (Lipinski definition) is 0. The summed E-state index contributed by atoms with van der Waals surface area (Å²) >= 11 is 0. The van der Waals surface area contributed by atoms with Crippen LogP contribution in [0.15, 0.2) is 60.2 Å². The third kappa shape index (κ3) is 7.51. The van der Waals surface area contributed by atoms with Gasteiger partial charge in [-0.3, -0.25) is 0 Å². The molecule has 4 aliphatic rings. The molecule has 0 amide bonds. The van der Waals surface area contributed by atoms with Gasteiger partial charge in [0.1, 0.15) is 19.9 Å². The van der Waals surface area contributed by atoms with Crippen LogP contribution in [0.1, 0.15) is 135 Å². The number of fused-ring (bicyclic) bond motifs is 5. The van der Waals surface area contributed by atoms with Crippen molar-refractivity contribution in [3.63, 3.8) is 0 Å². The molecule has 4 nitrogen and oxygen atoms in total. The van der Waals surface area contributed by atoms with Gasteiger partial charge in [0.05, 0.1) is 22.9 Å². The average molecular weight is 708 g/mol. The van der Waals surface area contributed by atoms with E-state index in [2.05, 4.69) is 78.9 Å². The standard InChI is InChI=1S/C46H65NO3Si/c1-9-43(49-36-18-13-33(30-47)14-19-36)51(7,8)38-20-15-34(16-21-38)44(48)50-37-25-27-45(5)35(29-37)17-22-39-41-24-23-40(32(4)12-10-11-31(2)3)46(41,6)28-26-42(39)45/h13-21,31-32,37,39-43H,9-12,22-29H2,1-8H3/t32-,37?,39?,40-,41?,42?,43?,45+,46-/m1/s1. The Kier molecular flexibility index (Phi) is 11.3. The Labute approximate surface area is 310 Å². The largest absolute Gasteiger partial charge is 0.494 e. The van der Waals surface area contributed by atoms with Crippen LogP contribution in [-0.4, -0.2) is 25.9 Å². The molecule has 0 heterocycles. The molecule has 4 aliphatic carbocycles. The average Bonchev–Trinajstić information content (AvgIpc) is 3.48. The van der Waals surface area contributed by atoms with Gasteiger partial charge in [0.15, 0.2) is 0 Å². The highest BCUT2D eigenvalue weighted by molar-refractivity contribution is 6.90. The molecule has 0 aromatic heterocycles. The van der Waals surface area contributed by atoms with Crippen molar-refractivity contribution in [2.75, 3.05) is 0 Å². The number of carbonyl (C=O) groups excluding carboxylic acids is 1. The van der Waals surface area contributed by atoms with Crippen LogP contribution < -0.4 is 9.92 Å². The van der Waals surface area contributed by atoms with Crippen molar-refractivity contribution in [3.8, 4) is 11.8 Å². The van der Waals surface area contributed by atoms with Crippen molar-refractivity contribution >= 4 is 19.2 Å². The second-order valence-corrected chi connectivity index (χ2v) is 23.2. The molecule has 0 N–H and O–H groups in total. The van der Waals surface area contributed by atoms with Crippen LogP contribution in [0.4, 0.5) is 0 Å². The van der Waals surface area contributed by atoms with E-state index in [0.717, 1.165) is 66.9 Å². The third-order valence-electron chi connectivity index (χ3n) is 14.8. The normalized spacial score (nSPS) is 31.4. The fraction of sp³-hybridized carbons (Fsp3) is 0.652. The maximum Gasteiger partial charge on any atom is 0.338 e. The number of benzene rings is 2.